The number of rotatable bonds is 7. The van der Waals surface area contributed by atoms with Gasteiger partial charge in [0.25, 0.3) is 0 Å². The van der Waals surface area contributed by atoms with E-state index in [-0.39, 0.29) is 5.91 Å². The standard InChI is InChI=1S/C18H20Cl2N2O/c1-13-16(20)6-3-7-17(13)22-18(23)9-11-21-10-8-14-4-2-5-15(19)12-14/h2-7,12,21H,8-11H2,1H3,(H,22,23). The van der Waals surface area contributed by atoms with E-state index >= 15 is 0 Å². The van der Waals surface area contributed by atoms with Gasteiger partial charge in [0.15, 0.2) is 0 Å². The number of hydrogen-bond donors (Lipinski definition) is 2. The molecule has 122 valence electrons. The lowest BCUT2D eigenvalue weighted by Gasteiger charge is -2.10. The van der Waals surface area contributed by atoms with E-state index < -0.39 is 0 Å². The van der Waals surface area contributed by atoms with Crippen LogP contribution < -0.4 is 10.6 Å². The number of carbonyl (C=O) groups excluding carboxylic acids is 1. The van der Waals surface area contributed by atoms with Crippen LogP contribution >= 0.6 is 23.2 Å². The molecule has 23 heavy (non-hydrogen) atoms. The second-order valence-corrected chi connectivity index (χ2v) is 6.18. The van der Waals surface area contributed by atoms with E-state index in [0.717, 1.165) is 29.2 Å². The highest BCUT2D eigenvalue weighted by Crippen LogP contribution is 2.22. The molecule has 0 saturated carbocycles. The van der Waals surface area contributed by atoms with Crippen LogP contribution in [0.25, 0.3) is 0 Å². The summed E-state index contributed by atoms with van der Waals surface area (Å²) in [4.78, 5) is 11.9. The molecule has 0 aliphatic carbocycles. The van der Waals surface area contributed by atoms with Crippen LogP contribution in [0.2, 0.25) is 10.0 Å². The SMILES string of the molecule is Cc1c(Cl)cccc1NC(=O)CCNCCc1cccc(Cl)c1. The van der Waals surface area contributed by atoms with E-state index in [0.29, 0.717) is 18.0 Å². The molecule has 2 aromatic carbocycles. The van der Waals surface area contributed by atoms with Gasteiger partial charge in [-0.2, -0.15) is 0 Å². The Hall–Kier alpha value is -1.55. The molecule has 0 aliphatic heterocycles. The minimum absolute atomic E-state index is 0.0226. The minimum atomic E-state index is -0.0226. The Kier molecular flexibility index (Phi) is 6.90. The fourth-order valence-electron chi connectivity index (χ4n) is 2.21. The van der Waals surface area contributed by atoms with Gasteiger partial charge in [0.2, 0.25) is 5.91 Å². The number of halogens is 2. The van der Waals surface area contributed by atoms with Crippen molar-refractivity contribution in [2.75, 3.05) is 18.4 Å². The van der Waals surface area contributed by atoms with Crippen LogP contribution in [-0.2, 0) is 11.2 Å². The molecule has 3 nitrogen and oxygen atoms in total. The summed E-state index contributed by atoms with van der Waals surface area (Å²) in [6.45, 7) is 3.33. The summed E-state index contributed by atoms with van der Waals surface area (Å²) in [5.41, 5.74) is 2.84. The quantitative estimate of drug-likeness (QED) is 0.723. The highest BCUT2D eigenvalue weighted by Gasteiger charge is 2.06. The minimum Gasteiger partial charge on any atom is -0.326 e. The molecule has 2 aromatic rings. The number of carbonyl (C=O) groups is 1. The average Bonchev–Trinajstić information content (AvgIpc) is 2.51. The maximum absolute atomic E-state index is 11.9. The van der Waals surface area contributed by atoms with Crippen LogP contribution in [0.1, 0.15) is 17.5 Å². The van der Waals surface area contributed by atoms with Crippen LogP contribution in [0.3, 0.4) is 0 Å². The largest absolute Gasteiger partial charge is 0.326 e. The first kappa shape index (κ1) is 17.8. The number of hydrogen-bond acceptors (Lipinski definition) is 2. The first-order valence-electron chi connectivity index (χ1n) is 7.56. The average molecular weight is 351 g/mol. The Morgan fingerprint density at radius 3 is 2.65 bits per heavy atom. The molecule has 0 aliphatic rings. The highest BCUT2D eigenvalue weighted by atomic mass is 35.5. The zero-order chi connectivity index (χ0) is 16.7. The van der Waals surface area contributed by atoms with E-state index in [9.17, 15) is 4.79 Å². The summed E-state index contributed by atoms with van der Waals surface area (Å²) in [6.07, 6.45) is 1.30. The first-order valence-corrected chi connectivity index (χ1v) is 8.32. The molecular weight excluding hydrogens is 331 g/mol. The van der Waals surface area contributed by atoms with Crippen molar-refractivity contribution in [3.8, 4) is 0 Å². The van der Waals surface area contributed by atoms with Gasteiger partial charge in [-0.15, -0.1) is 0 Å². The molecule has 5 heteroatoms. The maximum Gasteiger partial charge on any atom is 0.225 e. The molecule has 0 fully saturated rings. The lowest BCUT2D eigenvalue weighted by atomic mass is 10.1. The summed E-state index contributed by atoms with van der Waals surface area (Å²) in [5.74, 6) is -0.0226. The summed E-state index contributed by atoms with van der Waals surface area (Å²) < 4.78 is 0. The Labute approximate surface area is 147 Å². The topological polar surface area (TPSA) is 41.1 Å². The van der Waals surface area contributed by atoms with Gasteiger partial charge in [0.1, 0.15) is 0 Å². The number of nitrogens with one attached hydrogen (secondary N) is 2. The van der Waals surface area contributed by atoms with Crippen LogP contribution in [-0.4, -0.2) is 19.0 Å². The third-order valence-corrected chi connectivity index (χ3v) is 4.19. The lowest BCUT2D eigenvalue weighted by molar-refractivity contribution is -0.116. The molecule has 0 saturated heterocycles. The predicted molar refractivity (Wildman–Crippen MR) is 97.5 cm³/mol. The normalized spacial score (nSPS) is 10.6. The first-order chi connectivity index (χ1) is 11.1. The highest BCUT2D eigenvalue weighted by molar-refractivity contribution is 6.31. The van der Waals surface area contributed by atoms with E-state index in [4.69, 9.17) is 23.2 Å². The molecule has 2 rings (SSSR count). The monoisotopic (exact) mass is 350 g/mol. The van der Waals surface area contributed by atoms with E-state index in [1.54, 1.807) is 0 Å². The van der Waals surface area contributed by atoms with Crippen molar-refractivity contribution in [2.45, 2.75) is 19.8 Å². The second-order valence-electron chi connectivity index (χ2n) is 5.34. The van der Waals surface area contributed by atoms with Crippen molar-refractivity contribution in [2.24, 2.45) is 0 Å². The second kappa shape index (κ2) is 8.92. The summed E-state index contributed by atoms with van der Waals surface area (Å²) in [6, 6.07) is 13.3. The van der Waals surface area contributed by atoms with Gasteiger partial charge < -0.3 is 10.6 Å². The van der Waals surface area contributed by atoms with Crippen molar-refractivity contribution >= 4 is 34.8 Å². The molecule has 1 amide bonds. The van der Waals surface area contributed by atoms with Crippen molar-refractivity contribution in [3.05, 3.63) is 63.6 Å². The molecule has 0 heterocycles. The smallest absolute Gasteiger partial charge is 0.225 e. The molecule has 0 unspecified atom stereocenters. The summed E-state index contributed by atoms with van der Waals surface area (Å²) >= 11 is 12.0. The lowest BCUT2D eigenvalue weighted by Crippen LogP contribution is -2.23. The van der Waals surface area contributed by atoms with Gasteiger partial charge in [-0.05, 0) is 55.3 Å². The number of anilines is 1. The van der Waals surface area contributed by atoms with Gasteiger partial charge in [0, 0.05) is 28.7 Å². The van der Waals surface area contributed by atoms with Crippen molar-refractivity contribution in [1.82, 2.24) is 5.32 Å². The fraction of sp³-hybridized carbons (Fsp3) is 0.278. The Balaban J connectivity index is 1.68. The zero-order valence-corrected chi connectivity index (χ0v) is 14.5. The molecule has 0 spiro atoms. The molecule has 0 atom stereocenters. The molecule has 0 radical (unpaired) electrons. The molecule has 0 bridgehead atoms. The third kappa shape index (κ3) is 5.87. The summed E-state index contributed by atoms with van der Waals surface area (Å²) in [7, 11) is 0. The maximum atomic E-state index is 11.9. The van der Waals surface area contributed by atoms with Crippen LogP contribution in [0.5, 0.6) is 0 Å². The molecule has 0 aromatic heterocycles. The molecular formula is C18H20Cl2N2O. The van der Waals surface area contributed by atoms with Crippen LogP contribution in [0, 0.1) is 6.92 Å². The van der Waals surface area contributed by atoms with Gasteiger partial charge in [-0.3, -0.25) is 4.79 Å². The Bertz CT molecular complexity index is 674. The fourth-order valence-corrected chi connectivity index (χ4v) is 2.60. The third-order valence-electron chi connectivity index (χ3n) is 3.55. The van der Waals surface area contributed by atoms with Crippen molar-refractivity contribution in [3.63, 3.8) is 0 Å². The van der Waals surface area contributed by atoms with Gasteiger partial charge >= 0.3 is 0 Å². The predicted octanol–water partition coefficient (Wildman–Crippen LogP) is 4.46. The van der Waals surface area contributed by atoms with Crippen molar-refractivity contribution in [1.29, 1.82) is 0 Å². The Morgan fingerprint density at radius 2 is 1.87 bits per heavy atom. The van der Waals surface area contributed by atoms with Crippen molar-refractivity contribution < 1.29 is 4.79 Å². The van der Waals surface area contributed by atoms with E-state index in [2.05, 4.69) is 10.6 Å². The zero-order valence-electron chi connectivity index (χ0n) is 13.0. The van der Waals surface area contributed by atoms with E-state index in [1.807, 2.05) is 49.4 Å². The van der Waals surface area contributed by atoms with Gasteiger partial charge in [-0.1, -0.05) is 41.4 Å². The number of amides is 1. The van der Waals surface area contributed by atoms with E-state index in [1.165, 1.54) is 5.56 Å². The van der Waals surface area contributed by atoms with Crippen LogP contribution in [0.4, 0.5) is 5.69 Å². The summed E-state index contributed by atoms with van der Waals surface area (Å²) in [5, 5.41) is 7.56. The Morgan fingerprint density at radius 1 is 1.09 bits per heavy atom. The van der Waals surface area contributed by atoms with Gasteiger partial charge in [-0.25, -0.2) is 0 Å². The number of benzene rings is 2. The molecule has 2 N–H and O–H groups in total. The van der Waals surface area contributed by atoms with Crippen LogP contribution in [0.15, 0.2) is 42.5 Å². The van der Waals surface area contributed by atoms with Gasteiger partial charge in [0.05, 0.1) is 0 Å².